The van der Waals surface area contributed by atoms with Gasteiger partial charge in [0.2, 0.25) is 5.91 Å². The number of nitrogens with zero attached hydrogens (tertiary/aromatic N) is 1. The molecule has 0 aliphatic carbocycles. The number of carbonyl (C=O) groups is 2. The van der Waals surface area contributed by atoms with E-state index >= 15 is 0 Å². The normalized spacial score (nSPS) is 15.5. The summed E-state index contributed by atoms with van der Waals surface area (Å²) in [6, 6.07) is 13.0. The van der Waals surface area contributed by atoms with Gasteiger partial charge in [0.15, 0.2) is 6.10 Å². The Morgan fingerprint density at radius 3 is 2.81 bits per heavy atom. The third-order valence-electron chi connectivity index (χ3n) is 4.15. The van der Waals surface area contributed by atoms with Gasteiger partial charge in [0.25, 0.3) is 5.91 Å². The maximum Gasteiger partial charge on any atom is 0.262 e. The van der Waals surface area contributed by atoms with Crippen LogP contribution in [0.3, 0.4) is 0 Å². The number of hydrogen-bond donors (Lipinski definition) is 2. The standard InChI is InChI=1S/C20H22FN3O3/c1-2-10-22-20(26)18-12-24(16-8-3-4-9-17(16)27-18)13-19(25)23-15-7-5-6-14(21)11-15/h3-9,11,18H,2,10,12-13H2,1H3,(H,22,26)(H,23,25)/t18-/m0/s1. The topological polar surface area (TPSA) is 70.7 Å². The predicted molar refractivity (Wildman–Crippen MR) is 101 cm³/mol. The molecule has 1 atom stereocenters. The van der Waals surface area contributed by atoms with E-state index in [0.717, 1.165) is 12.1 Å². The number of amides is 2. The highest BCUT2D eigenvalue weighted by Crippen LogP contribution is 2.33. The fourth-order valence-corrected chi connectivity index (χ4v) is 2.90. The number of para-hydroxylation sites is 2. The Kier molecular flexibility index (Phi) is 5.90. The van der Waals surface area contributed by atoms with E-state index in [4.69, 9.17) is 4.74 Å². The minimum atomic E-state index is -0.701. The second-order valence-corrected chi connectivity index (χ2v) is 6.30. The van der Waals surface area contributed by atoms with E-state index in [0.29, 0.717) is 18.0 Å². The number of nitrogens with one attached hydrogen (secondary N) is 2. The van der Waals surface area contributed by atoms with Crippen molar-refractivity contribution in [2.45, 2.75) is 19.4 Å². The van der Waals surface area contributed by atoms with E-state index in [-0.39, 0.29) is 24.9 Å². The molecule has 1 aliphatic rings. The number of carbonyl (C=O) groups excluding carboxylic acids is 2. The molecule has 0 saturated heterocycles. The number of rotatable bonds is 6. The van der Waals surface area contributed by atoms with Crippen LogP contribution < -0.4 is 20.3 Å². The summed E-state index contributed by atoms with van der Waals surface area (Å²) in [6.45, 7) is 2.82. The van der Waals surface area contributed by atoms with Crippen molar-refractivity contribution in [2.24, 2.45) is 0 Å². The fraction of sp³-hybridized carbons (Fsp3) is 0.300. The van der Waals surface area contributed by atoms with Crippen LogP contribution in [-0.2, 0) is 9.59 Å². The first-order chi connectivity index (χ1) is 13.1. The molecule has 0 radical (unpaired) electrons. The maximum atomic E-state index is 13.3. The van der Waals surface area contributed by atoms with E-state index < -0.39 is 11.9 Å². The third-order valence-corrected chi connectivity index (χ3v) is 4.15. The van der Waals surface area contributed by atoms with Gasteiger partial charge in [0.1, 0.15) is 11.6 Å². The zero-order valence-corrected chi connectivity index (χ0v) is 15.1. The second-order valence-electron chi connectivity index (χ2n) is 6.30. The van der Waals surface area contributed by atoms with Crippen molar-refractivity contribution in [1.82, 2.24) is 5.32 Å². The molecule has 142 valence electrons. The van der Waals surface area contributed by atoms with Crippen molar-refractivity contribution >= 4 is 23.2 Å². The summed E-state index contributed by atoms with van der Waals surface area (Å²) >= 11 is 0. The first kappa shape index (κ1) is 18.7. The Bertz CT molecular complexity index is 828. The molecule has 0 fully saturated rings. The molecule has 0 bridgehead atoms. The Hall–Kier alpha value is -3.09. The average molecular weight is 371 g/mol. The van der Waals surface area contributed by atoms with Crippen LogP contribution in [-0.4, -0.2) is 37.6 Å². The lowest BCUT2D eigenvalue weighted by Crippen LogP contribution is -2.50. The average Bonchev–Trinajstić information content (AvgIpc) is 2.66. The van der Waals surface area contributed by atoms with Gasteiger partial charge >= 0.3 is 0 Å². The zero-order valence-electron chi connectivity index (χ0n) is 15.1. The van der Waals surface area contributed by atoms with Gasteiger partial charge in [-0.25, -0.2) is 4.39 Å². The summed E-state index contributed by atoms with van der Waals surface area (Å²) in [4.78, 5) is 26.6. The minimum absolute atomic E-state index is 0.0223. The minimum Gasteiger partial charge on any atom is -0.477 e. The van der Waals surface area contributed by atoms with E-state index in [2.05, 4.69) is 10.6 Å². The summed E-state index contributed by atoms with van der Waals surface area (Å²) < 4.78 is 19.1. The molecule has 1 aliphatic heterocycles. The first-order valence-corrected chi connectivity index (χ1v) is 8.90. The highest BCUT2D eigenvalue weighted by Gasteiger charge is 2.31. The Morgan fingerprint density at radius 1 is 1.22 bits per heavy atom. The Morgan fingerprint density at radius 2 is 2.04 bits per heavy atom. The smallest absolute Gasteiger partial charge is 0.262 e. The van der Waals surface area contributed by atoms with Crippen LogP contribution in [0, 0.1) is 5.82 Å². The summed E-state index contributed by atoms with van der Waals surface area (Å²) in [5, 5.41) is 5.50. The molecule has 7 heteroatoms. The van der Waals surface area contributed by atoms with Gasteiger partial charge in [-0.3, -0.25) is 9.59 Å². The number of anilines is 2. The van der Waals surface area contributed by atoms with E-state index in [1.54, 1.807) is 17.0 Å². The summed E-state index contributed by atoms with van der Waals surface area (Å²) in [7, 11) is 0. The molecule has 2 aromatic rings. The molecule has 0 spiro atoms. The number of benzene rings is 2. The van der Waals surface area contributed by atoms with Crippen LogP contribution in [0.25, 0.3) is 0 Å². The molecule has 2 N–H and O–H groups in total. The van der Waals surface area contributed by atoms with Crippen molar-refractivity contribution in [2.75, 3.05) is 29.9 Å². The molecule has 2 amide bonds. The molecule has 0 unspecified atom stereocenters. The molecule has 3 rings (SSSR count). The van der Waals surface area contributed by atoms with Crippen LogP contribution in [0.5, 0.6) is 5.75 Å². The Labute approximate surface area is 157 Å². The van der Waals surface area contributed by atoms with Gasteiger partial charge in [-0.2, -0.15) is 0 Å². The van der Waals surface area contributed by atoms with Crippen molar-refractivity contribution in [3.05, 3.63) is 54.3 Å². The molecule has 1 heterocycles. The van der Waals surface area contributed by atoms with Crippen LogP contribution in [0.1, 0.15) is 13.3 Å². The van der Waals surface area contributed by atoms with Gasteiger partial charge in [0, 0.05) is 12.2 Å². The van der Waals surface area contributed by atoms with E-state index in [1.165, 1.54) is 18.2 Å². The largest absolute Gasteiger partial charge is 0.477 e. The molecule has 0 saturated carbocycles. The molecule has 6 nitrogen and oxygen atoms in total. The van der Waals surface area contributed by atoms with Gasteiger partial charge in [-0.1, -0.05) is 25.1 Å². The number of ether oxygens (including phenoxy) is 1. The predicted octanol–water partition coefficient (Wildman–Crippen LogP) is 2.56. The number of halogens is 1. The van der Waals surface area contributed by atoms with Crippen molar-refractivity contribution in [3.8, 4) is 5.75 Å². The van der Waals surface area contributed by atoms with Crippen molar-refractivity contribution in [3.63, 3.8) is 0 Å². The highest BCUT2D eigenvalue weighted by atomic mass is 19.1. The van der Waals surface area contributed by atoms with Crippen LogP contribution in [0.2, 0.25) is 0 Å². The molecule has 27 heavy (non-hydrogen) atoms. The summed E-state index contributed by atoms with van der Waals surface area (Å²) in [5.74, 6) is -0.372. The molecule has 2 aromatic carbocycles. The van der Waals surface area contributed by atoms with Crippen LogP contribution >= 0.6 is 0 Å². The Balaban J connectivity index is 1.72. The zero-order chi connectivity index (χ0) is 19.2. The van der Waals surface area contributed by atoms with Gasteiger partial charge in [0.05, 0.1) is 18.8 Å². The number of fused-ring (bicyclic) bond motifs is 1. The quantitative estimate of drug-likeness (QED) is 0.819. The van der Waals surface area contributed by atoms with Crippen LogP contribution in [0.15, 0.2) is 48.5 Å². The van der Waals surface area contributed by atoms with Gasteiger partial charge < -0.3 is 20.3 Å². The van der Waals surface area contributed by atoms with E-state index in [1.807, 2.05) is 25.1 Å². The summed E-state index contributed by atoms with van der Waals surface area (Å²) in [6.07, 6.45) is 0.128. The summed E-state index contributed by atoms with van der Waals surface area (Å²) in [5.41, 5.74) is 1.13. The van der Waals surface area contributed by atoms with E-state index in [9.17, 15) is 14.0 Å². The lowest BCUT2D eigenvalue weighted by molar-refractivity contribution is -0.128. The first-order valence-electron chi connectivity index (χ1n) is 8.90. The van der Waals surface area contributed by atoms with Gasteiger partial charge in [-0.05, 0) is 36.8 Å². The fourth-order valence-electron chi connectivity index (χ4n) is 2.90. The molecular formula is C20H22FN3O3. The number of hydrogen-bond acceptors (Lipinski definition) is 4. The second kappa shape index (κ2) is 8.53. The van der Waals surface area contributed by atoms with Gasteiger partial charge in [-0.15, -0.1) is 0 Å². The monoisotopic (exact) mass is 371 g/mol. The third kappa shape index (κ3) is 4.75. The lowest BCUT2D eigenvalue weighted by atomic mass is 10.1. The van der Waals surface area contributed by atoms with Crippen molar-refractivity contribution < 1.29 is 18.7 Å². The highest BCUT2D eigenvalue weighted by molar-refractivity contribution is 5.95. The van der Waals surface area contributed by atoms with Crippen molar-refractivity contribution in [1.29, 1.82) is 0 Å². The maximum absolute atomic E-state index is 13.3. The SMILES string of the molecule is CCCNC(=O)[C@@H]1CN(CC(=O)Nc2cccc(F)c2)c2ccccc2O1. The molecule has 0 aromatic heterocycles. The molecular weight excluding hydrogens is 349 g/mol. The lowest BCUT2D eigenvalue weighted by Gasteiger charge is -2.35. The van der Waals surface area contributed by atoms with Crippen LogP contribution in [0.4, 0.5) is 15.8 Å².